The lowest BCUT2D eigenvalue weighted by Crippen LogP contribution is -2.37. The van der Waals surface area contributed by atoms with Gasteiger partial charge in [0.1, 0.15) is 5.75 Å². The second-order valence-electron chi connectivity index (χ2n) is 7.07. The third kappa shape index (κ3) is 3.37. The predicted molar refractivity (Wildman–Crippen MR) is 88.4 cm³/mol. The lowest BCUT2D eigenvalue weighted by Gasteiger charge is -2.31. The van der Waals surface area contributed by atoms with Crippen molar-refractivity contribution in [2.24, 2.45) is 5.41 Å². The standard InChI is InChI=1S/C18H26ClNO/c1-13(2)20-12-18(6-3-4-7-18)11-15-10-16(19)9-14-5-8-21-17(14)15/h9-10,13,20H,3-8,11-12H2,1-2H3. The number of rotatable bonds is 5. The van der Waals surface area contributed by atoms with E-state index < -0.39 is 0 Å². The van der Waals surface area contributed by atoms with E-state index in [1.54, 1.807) is 0 Å². The fraction of sp³-hybridized carbons (Fsp3) is 0.667. The first-order chi connectivity index (χ1) is 10.1. The number of benzene rings is 1. The van der Waals surface area contributed by atoms with Crippen LogP contribution in [0.2, 0.25) is 5.02 Å². The Morgan fingerprint density at radius 2 is 2.05 bits per heavy atom. The minimum Gasteiger partial charge on any atom is -0.493 e. The zero-order valence-electron chi connectivity index (χ0n) is 13.2. The molecular weight excluding hydrogens is 282 g/mol. The van der Waals surface area contributed by atoms with Crippen LogP contribution in [0.1, 0.15) is 50.7 Å². The Kier molecular flexibility index (Phi) is 4.46. The summed E-state index contributed by atoms with van der Waals surface area (Å²) in [5.41, 5.74) is 3.00. The smallest absolute Gasteiger partial charge is 0.125 e. The Bertz CT molecular complexity index is 506. The van der Waals surface area contributed by atoms with Crippen LogP contribution in [0.5, 0.6) is 5.75 Å². The van der Waals surface area contributed by atoms with Gasteiger partial charge in [0.05, 0.1) is 6.61 Å². The molecule has 1 aliphatic carbocycles. The molecule has 0 aromatic heterocycles. The van der Waals surface area contributed by atoms with E-state index in [0.717, 1.165) is 36.8 Å². The SMILES string of the molecule is CC(C)NCC1(Cc2cc(Cl)cc3c2OCC3)CCCC1. The molecule has 1 aliphatic heterocycles. The van der Waals surface area contributed by atoms with E-state index in [9.17, 15) is 0 Å². The van der Waals surface area contributed by atoms with E-state index >= 15 is 0 Å². The summed E-state index contributed by atoms with van der Waals surface area (Å²) >= 11 is 6.32. The highest BCUT2D eigenvalue weighted by Crippen LogP contribution is 2.44. The van der Waals surface area contributed by atoms with Gasteiger partial charge in [-0.1, -0.05) is 38.3 Å². The summed E-state index contributed by atoms with van der Waals surface area (Å²) < 4.78 is 5.89. The van der Waals surface area contributed by atoms with Crippen molar-refractivity contribution in [3.05, 3.63) is 28.3 Å². The van der Waals surface area contributed by atoms with Crippen molar-refractivity contribution in [3.63, 3.8) is 0 Å². The summed E-state index contributed by atoms with van der Waals surface area (Å²) in [5.74, 6) is 1.12. The lowest BCUT2D eigenvalue weighted by atomic mass is 9.79. The van der Waals surface area contributed by atoms with Gasteiger partial charge >= 0.3 is 0 Å². The highest BCUT2D eigenvalue weighted by Gasteiger charge is 2.35. The first-order valence-corrected chi connectivity index (χ1v) is 8.63. The zero-order chi connectivity index (χ0) is 14.9. The zero-order valence-corrected chi connectivity index (χ0v) is 13.9. The summed E-state index contributed by atoms with van der Waals surface area (Å²) in [4.78, 5) is 0. The van der Waals surface area contributed by atoms with Crippen LogP contribution in [-0.2, 0) is 12.8 Å². The molecule has 1 saturated carbocycles. The van der Waals surface area contributed by atoms with Gasteiger partial charge in [-0.3, -0.25) is 0 Å². The quantitative estimate of drug-likeness (QED) is 0.872. The monoisotopic (exact) mass is 307 g/mol. The van der Waals surface area contributed by atoms with Crippen LogP contribution in [0.15, 0.2) is 12.1 Å². The molecule has 0 atom stereocenters. The molecular formula is C18H26ClNO. The van der Waals surface area contributed by atoms with E-state index in [4.69, 9.17) is 16.3 Å². The fourth-order valence-corrected chi connectivity index (χ4v) is 4.11. The van der Waals surface area contributed by atoms with Crippen molar-refractivity contribution >= 4 is 11.6 Å². The van der Waals surface area contributed by atoms with Crippen molar-refractivity contribution < 1.29 is 4.74 Å². The molecule has 0 saturated heterocycles. The van der Waals surface area contributed by atoms with Gasteiger partial charge in [-0.05, 0) is 47.9 Å². The molecule has 116 valence electrons. The molecule has 0 unspecified atom stereocenters. The van der Waals surface area contributed by atoms with Crippen molar-refractivity contribution in [2.45, 2.75) is 58.4 Å². The molecule has 1 N–H and O–H groups in total. The molecule has 3 heteroatoms. The molecule has 0 amide bonds. The maximum Gasteiger partial charge on any atom is 0.125 e. The average Bonchev–Trinajstić information content (AvgIpc) is 3.06. The number of nitrogens with one attached hydrogen (secondary N) is 1. The van der Waals surface area contributed by atoms with Crippen molar-refractivity contribution in [1.82, 2.24) is 5.32 Å². The average molecular weight is 308 g/mol. The van der Waals surface area contributed by atoms with E-state index in [-0.39, 0.29) is 0 Å². The summed E-state index contributed by atoms with van der Waals surface area (Å²) in [7, 11) is 0. The fourth-order valence-electron chi connectivity index (χ4n) is 3.84. The van der Waals surface area contributed by atoms with E-state index in [1.807, 2.05) is 0 Å². The number of hydrogen-bond acceptors (Lipinski definition) is 2. The predicted octanol–water partition coefficient (Wildman–Crippen LogP) is 4.38. The van der Waals surface area contributed by atoms with Crippen LogP contribution in [-0.4, -0.2) is 19.2 Å². The third-order valence-corrected chi connectivity index (χ3v) is 5.16. The molecule has 0 spiro atoms. The first-order valence-electron chi connectivity index (χ1n) is 8.25. The van der Waals surface area contributed by atoms with Crippen molar-refractivity contribution in [1.29, 1.82) is 0 Å². The van der Waals surface area contributed by atoms with Gasteiger partial charge in [-0.15, -0.1) is 0 Å². The highest BCUT2D eigenvalue weighted by molar-refractivity contribution is 6.30. The van der Waals surface area contributed by atoms with Crippen LogP contribution < -0.4 is 10.1 Å². The van der Waals surface area contributed by atoms with Gasteiger partial charge in [0, 0.05) is 24.0 Å². The maximum absolute atomic E-state index is 6.32. The molecule has 21 heavy (non-hydrogen) atoms. The number of ether oxygens (including phenoxy) is 1. The molecule has 1 aromatic rings. The molecule has 0 bridgehead atoms. The Morgan fingerprint density at radius 1 is 1.29 bits per heavy atom. The number of hydrogen-bond donors (Lipinski definition) is 1. The number of fused-ring (bicyclic) bond motifs is 1. The molecule has 1 fully saturated rings. The van der Waals surface area contributed by atoms with Crippen molar-refractivity contribution in [3.8, 4) is 5.75 Å². The molecule has 1 heterocycles. The van der Waals surface area contributed by atoms with E-state index in [2.05, 4.69) is 31.3 Å². The minimum absolute atomic E-state index is 0.384. The number of halogens is 1. The summed E-state index contributed by atoms with van der Waals surface area (Å²) in [6.45, 7) is 6.36. The third-order valence-electron chi connectivity index (χ3n) is 4.94. The summed E-state index contributed by atoms with van der Waals surface area (Å²) in [6, 6.07) is 4.74. The Morgan fingerprint density at radius 3 is 2.76 bits per heavy atom. The maximum atomic E-state index is 6.32. The van der Waals surface area contributed by atoms with Gasteiger partial charge in [0.15, 0.2) is 0 Å². The van der Waals surface area contributed by atoms with Gasteiger partial charge in [0.25, 0.3) is 0 Å². The second kappa shape index (κ2) is 6.18. The van der Waals surface area contributed by atoms with Gasteiger partial charge < -0.3 is 10.1 Å². The van der Waals surface area contributed by atoms with Crippen LogP contribution in [0.4, 0.5) is 0 Å². The van der Waals surface area contributed by atoms with Crippen molar-refractivity contribution in [2.75, 3.05) is 13.2 Å². The van der Waals surface area contributed by atoms with E-state index in [0.29, 0.717) is 11.5 Å². The lowest BCUT2D eigenvalue weighted by molar-refractivity contribution is 0.264. The second-order valence-corrected chi connectivity index (χ2v) is 7.51. The molecule has 3 rings (SSSR count). The summed E-state index contributed by atoms with van der Waals surface area (Å²) in [6.07, 6.45) is 7.42. The first kappa shape index (κ1) is 15.2. The van der Waals surface area contributed by atoms with Gasteiger partial charge in [0.2, 0.25) is 0 Å². The normalized spacial score (nSPS) is 19.8. The molecule has 1 aromatic carbocycles. The molecule has 2 nitrogen and oxygen atoms in total. The largest absolute Gasteiger partial charge is 0.493 e. The Hall–Kier alpha value is -0.730. The highest BCUT2D eigenvalue weighted by atomic mass is 35.5. The Labute approximate surface area is 133 Å². The van der Waals surface area contributed by atoms with E-state index in [1.165, 1.54) is 36.8 Å². The Balaban J connectivity index is 1.83. The molecule has 2 aliphatic rings. The van der Waals surface area contributed by atoms with Crippen LogP contribution in [0.25, 0.3) is 0 Å². The minimum atomic E-state index is 0.384. The van der Waals surface area contributed by atoms with Gasteiger partial charge in [-0.2, -0.15) is 0 Å². The van der Waals surface area contributed by atoms with Crippen LogP contribution in [0.3, 0.4) is 0 Å². The summed E-state index contributed by atoms with van der Waals surface area (Å²) in [5, 5.41) is 4.52. The topological polar surface area (TPSA) is 21.3 Å². The van der Waals surface area contributed by atoms with Crippen LogP contribution >= 0.6 is 11.6 Å². The van der Waals surface area contributed by atoms with Crippen LogP contribution in [0, 0.1) is 5.41 Å². The van der Waals surface area contributed by atoms with Gasteiger partial charge in [-0.25, -0.2) is 0 Å². The molecule has 0 radical (unpaired) electrons.